The van der Waals surface area contributed by atoms with Crippen molar-refractivity contribution in [2.45, 2.75) is 187 Å². The molecule has 2 aliphatic carbocycles. The molecule has 0 spiro atoms. The van der Waals surface area contributed by atoms with Crippen molar-refractivity contribution in [2.24, 2.45) is 0 Å². The molecular formula is C77H87BN2. The maximum atomic E-state index is 2.74. The van der Waals surface area contributed by atoms with E-state index in [1.54, 1.807) is 0 Å². The fourth-order valence-electron chi connectivity index (χ4n) is 14.6. The Kier molecular flexibility index (Phi) is 12.5. The molecule has 12 rings (SSSR count). The van der Waals surface area contributed by atoms with Gasteiger partial charge in [-0.25, -0.2) is 0 Å². The number of nitrogens with zero attached hydrogens (tertiary/aromatic N) is 2. The number of hydrogen-bond acceptors (Lipinski definition) is 2. The van der Waals surface area contributed by atoms with Crippen LogP contribution in [0.25, 0.3) is 11.1 Å². The molecule has 80 heavy (non-hydrogen) atoms. The Hall–Kier alpha value is -6.58. The summed E-state index contributed by atoms with van der Waals surface area (Å²) in [5.41, 5.74) is 27.8. The lowest BCUT2D eigenvalue weighted by Crippen LogP contribution is -2.62. The third kappa shape index (κ3) is 8.65. The van der Waals surface area contributed by atoms with Crippen LogP contribution in [0.4, 0.5) is 34.1 Å². The van der Waals surface area contributed by atoms with E-state index < -0.39 is 0 Å². The van der Waals surface area contributed by atoms with E-state index in [9.17, 15) is 0 Å². The summed E-state index contributed by atoms with van der Waals surface area (Å²) in [4.78, 5) is 5.46. The van der Waals surface area contributed by atoms with Gasteiger partial charge in [-0.1, -0.05) is 233 Å². The van der Waals surface area contributed by atoms with Gasteiger partial charge in [0.05, 0.1) is 5.69 Å². The lowest BCUT2D eigenvalue weighted by Gasteiger charge is -2.48. The first-order chi connectivity index (χ1) is 37.6. The van der Waals surface area contributed by atoms with Crippen LogP contribution in [-0.4, -0.2) is 6.71 Å². The van der Waals surface area contributed by atoms with Gasteiger partial charge >= 0.3 is 0 Å². The van der Waals surface area contributed by atoms with Crippen LogP contribution in [0.3, 0.4) is 0 Å². The first-order valence-electron chi connectivity index (χ1n) is 30.2. The van der Waals surface area contributed by atoms with Gasteiger partial charge in [0, 0.05) is 44.8 Å². The van der Waals surface area contributed by atoms with Gasteiger partial charge in [0.25, 0.3) is 6.71 Å². The van der Waals surface area contributed by atoms with Crippen molar-refractivity contribution in [2.75, 3.05) is 9.80 Å². The number of anilines is 6. The van der Waals surface area contributed by atoms with E-state index in [-0.39, 0.29) is 50.5 Å². The topological polar surface area (TPSA) is 6.48 Å². The fraction of sp³-hybridized carbons (Fsp3) is 0.377. The van der Waals surface area contributed by atoms with E-state index in [1.807, 2.05) is 0 Å². The molecule has 0 saturated carbocycles. The fourth-order valence-corrected chi connectivity index (χ4v) is 14.6. The van der Waals surface area contributed by atoms with Crippen molar-refractivity contribution in [3.63, 3.8) is 0 Å². The second kappa shape index (κ2) is 18.5. The van der Waals surface area contributed by atoms with Crippen LogP contribution >= 0.6 is 0 Å². The molecule has 2 nitrogen and oxygen atoms in total. The molecule has 0 radical (unpaired) electrons. The van der Waals surface area contributed by atoms with Gasteiger partial charge in [0.15, 0.2) is 0 Å². The third-order valence-corrected chi connectivity index (χ3v) is 20.6. The number of fused-ring (bicyclic) bond motifs is 6. The molecule has 0 aromatic heterocycles. The maximum Gasteiger partial charge on any atom is 0.252 e. The smallest absolute Gasteiger partial charge is 0.252 e. The molecule has 8 aromatic carbocycles. The number of benzene rings is 8. The zero-order valence-electron chi connectivity index (χ0n) is 51.5. The number of rotatable bonds is 8. The maximum absolute atomic E-state index is 2.74. The van der Waals surface area contributed by atoms with E-state index in [2.05, 4.69) is 291 Å². The quantitative estimate of drug-likeness (QED) is 0.140. The predicted octanol–water partition coefficient (Wildman–Crippen LogP) is 19.2. The van der Waals surface area contributed by atoms with Crippen LogP contribution in [0.2, 0.25) is 0 Å². The molecule has 0 bridgehead atoms. The molecule has 3 heteroatoms. The zero-order valence-corrected chi connectivity index (χ0v) is 51.5. The summed E-state index contributed by atoms with van der Waals surface area (Å²) in [6.45, 7) is 41.2. The highest BCUT2D eigenvalue weighted by Crippen LogP contribution is 2.54. The normalized spacial score (nSPS) is 17.6. The molecule has 2 aliphatic heterocycles. The van der Waals surface area contributed by atoms with Gasteiger partial charge in [-0.15, -0.1) is 0 Å². The van der Waals surface area contributed by atoms with Gasteiger partial charge in [0.2, 0.25) is 0 Å². The SMILES string of the molecule is CC(C)c1cc2c3c(c1)N(c1ccc(C(C)(C)c4ccccc4)cc1-c1ccc(C(C)(C)C)cc1)c1cc(C(C)(C)c4ccccc4)ccc1B3c1cc3c(cc1N2c1ccc2c(c1)C(C)(C)CCC2(C)C)C(C)(C)CCC3(C)C. The van der Waals surface area contributed by atoms with Crippen molar-refractivity contribution in [1.29, 1.82) is 0 Å². The minimum Gasteiger partial charge on any atom is -0.311 e. The Morgan fingerprint density at radius 1 is 0.388 bits per heavy atom. The predicted molar refractivity (Wildman–Crippen MR) is 346 cm³/mol. The zero-order chi connectivity index (χ0) is 56.9. The Bertz CT molecular complexity index is 3730. The van der Waals surface area contributed by atoms with Crippen LogP contribution in [-0.2, 0) is 37.9 Å². The lowest BCUT2D eigenvalue weighted by atomic mass is 9.33. The van der Waals surface area contributed by atoms with E-state index in [4.69, 9.17) is 0 Å². The molecule has 408 valence electrons. The third-order valence-electron chi connectivity index (χ3n) is 20.6. The summed E-state index contributed by atoms with van der Waals surface area (Å²) in [6.07, 6.45) is 4.68. The standard InChI is InChI=1S/C77H87BN2/c1-49(2)51-42-68-70-69(43-51)80(65-37-33-55(76(14,15)53-24-20-18-21-25-53)44-58(65)50-28-30-52(31-29-50)71(3,4)5)66-45-56(77(16,17)54-26-22-19-23-27-54)32-36-63(66)78(70)64-47-61-62(75(12,13)41-40-74(61,10)11)48-67(64)79(68)57-34-35-59-60(46-57)73(8,9)39-38-72(59,6)7/h18-37,42-49H,38-41H2,1-17H3. The summed E-state index contributed by atoms with van der Waals surface area (Å²) < 4.78 is 0. The average Bonchev–Trinajstić information content (AvgIpc) is 3.60. The highest BCUT2D eigenvalue weighted by molar-refractivity contribution is 7.00. The van der Waals surface area contributed by atoms with E-state index in [0.717, 1.165) is 12.8 Å². The molecule has 0 amide bonds. The Morgan fingerprint density at radius 3 is 1.41 bits per heavy atom. The first-order valence-corrected chi connectivity index (χ1v) is 30.2. The van der Waals surface area contributed by atoms with Crippen LogP contribution in [0.15, 0.2) is 164 Å². The van der Waals surface area contributed by atoms with E-state index in [0.29, 0.717) is 0 Å². The minimum atomic E-state index is -0.271. The monoisotopic (exact) mass is 1050 g/mol. The summed E-state index contributed by atoms with van der Waals surface area (Å²) in [7, 11) is 0. The second-order valence-electron chi connectivity index (χ2n) is 29.8. The Morgan fingerprint density at radius 2 is 0.863 bits per heavy atom. The van der Waals surface area contributed by atoms with Crippen molar-refractivity contribution in [3.05, 3.63) is 219 Å². The van der Waals surface area contributed by atoms with Gasteiger partial charge in [-0.05, 0) is 185 Å². The average molecular weight is 1050 g/mol. The second-order valence-corrected chi connectivity index (χ2v) is 29.8. The van der Waals surface area contributed by atoms with Crippen molar-refractivity contribution in [1.82, 2.24) is 0 Å². The van der Waals surface area contributed by atoms with Crippen LogP contribution in [0, 0.1) is 0 Å². The van der Waals surface area contributed by atoms with Gasteiger partial charge in [-0.3, -0.25) is 0 Å². The minimum absolute atomic E-state index is 0.0162. The van der Waals surface area contributed by atoms with E-state index in [1.165, 1.54) is 130 Å². The van der Waals surface area contributed by atoms with Gasteiger partial charge < -0.3 is 9.80 Å². The molecule has 0 saturated heterocycles. The van der Waals surface area contributed by atoms with Crippen LogP contribution in [0.1, 0.15) is 205 Å². The Labute approximate surface area is 482 Å². The lowest BCUT2D eigenvalue weighted by molar-refractivity contribution is 0.332. The highest BCUT2D eigenvalue weighted by Gasteiger charge is 2.48. The van der Waals surface area contributed by atoms with Crippen molar-refractivity contribution >= 4 is 57.2 Å². The summed E-state index contributed by atoms with van der Waals surface area (Å²) >= 11 is 0. The van der Waals surface area contributed by atoms with Crippen LogP contribution < -0.4 is 26.2 Å². The molecule has 4 aliphatic rings. The van der Waals surface area contributed by atoms with Gasteiger partial charge in [0.1, 0.15) is 0 Å². The van der Waals surface area contributed by atoms with E-state index >= 15 is 0 Å². The van der Waals surface area contributed by atoms with Crippen LogP contribution in [0.5, 0.6) is 0 Å². The molecule has 0 fully saturated rings. The van der Waals surface area contributed by atoms with Gasteiger partial charge in [-0.2, -0.15) is 0 Å². The molecular weight excluding hydrogens is 964 g/mol. The summed E-state index contributed by atoms with van der Waals surface area (Å²) in [5, 5.41) is 0. The number of hydrogen-bond donors (Lipinski definition) is 0. The molecule has 8 aromatic rings. The first kappa shape index (κ1) is 54.0. The molecule has 2 heterocycles. The summed E-state index contributed by atoms with van der Waals surface area (Å²) in [6, 6.07) is 65.0. The molecule has 0 N–H and O–H groups in total. The molecule has 0 unspecified atom stereocenters. The van der Waals surface area contributed by atoms with Crippen molar-refractivity contribution in [3.8, 4) is 11.1 Å². The van der Waals surface area contributed by atoms with Crippen molar-refractivity contribution < 1.29 is 0 Å². The Balaban J connectivity index is 1.21. The summed E-state index contributed by atoms with van der Waals surface area (Å²) in [5.74, 6) is 0.273. The molecule has 0 atom stereocenters. The highest BCUT2D eigenvalue weighted by atomic mass is 15.2. The largest absolute Gasteiger partial charge is 0.311 e.